The van der Waals surface area contributed by atoms with E-state index in [2.05, 4.69) is 15.6 Å². The minimum absolute atomic E-state index is 0.0173. The Morgan fingerprint density at radius 3 is 2.42 bits per heavy atom. The molecular weight excluding hydrogens is 328 g/mol. The van der Waals surface area contributed by atoms with E-state index in [1.54, 1.807) is 4.90 Å². The summed E-state index contributed by atoms with van der Waals surface area (Å²) in [4.78, 5) is 41.9. The first-order valence-electron chi connectivity index (χ1n) is 8.31. The summed E-state index contributed by atoms with van der Waals surface area (Å²) in [5.74, 6) is -0.103. The van der Waals surface area contributed by atoms with E-state index in [-0.39, 0.29) is 36.1 Å². The van der Waals surface area contributed by atoms with Gasteiger partial charge < -0.3 is 15.5 Å². The Labute approximate surface area is 144 Å². The third-order valence-electron chi connectivity index (χ3n) is 4.43. The van der Waals surface area contributed by atoms with Gasteiger partial charge in [-0.3, -0.25) is 14.4 Å². The second kappa shape index (κ2) is 7.29. The topological polar surface area (TPSA) is 91.4 Å². The van der Waals surface area contributed by atoms with Crippen molar-refractivity contribution in [3.05, 3.63) is 11.1 Å². The van der Waals surface area contributed by atoms with Crippen molar-refractivity contribution in [3.63, 3.8) is 0 Å². The number of thiazole rings is 1. The van der Waals surface area contributed by atoms with E-state index in [1.165, 1.54) is 11.3 Å². The van der Waals surface area contributed by atoms with Gasteiger partial charge in [-0.25, -0.2) is 4.98 Å². The molecule has 2 heterocycles. The molecule has 1 aromatic rings. The second-order valence-electron chi connectivity index (χ2n) is 6.43. The smallest absolute Gasteiger partial charge is 0.241 e. The molecule has 3 rings (SSSR count). The number of piperidine rings is 1. The van der Waals surface area contributed by atoms with E-state index in [1.807, 2.05) is 12.3 Å². The summed E-state index contributed by atoms with van der Waals surface area (Å²) in [6, 6.07) is 0. The number of carbonyl (C=O) groups excluding carboxylic acids is 3. The van der Waals surface area contributed by atoms with Crippen LogP contribution in [-0.4, -0.2) is 47.2 Å². The van der Waals surface area contributed by atoms with E-state index in [9.17, 15) is 14.4 Å². The number of aryl methyl sites for hydroxylation is 1. The number of nitrogens with zero attached hydrogens (tertiary/aromatic N) is 2. The maximum absolute atomic E-state index is 12.2. The van der Waals surface area contributed by atoms with Gasteiger partial charge in [0.25, 0.3) is 0 Å². The fourth-order valence-electron chi connectivity index (χ4n) is 2.77. The Hall–Kier alpha value is -1.96. The van der Waals surface area contributed by atoms with Crippen molar-refractivity contribution in [2.45, 2.75) is 32.6 Å². The zero-order chi connectivity index (χ0) is 17.1. The van der Waals surface area contributed by atoms with Crippen LogP contribution in [0.1, 0.15) is 31.4 Å². The molecule has 2 fully saturated rings. The third-order valence-corrected chi connectivity index (χ3v) is 5.31. The first-order valence-corrected chi connectivity index (χ1v) is 9.19. The van der Waals surface area contributed by atoms with Gasteiger partial charge in [-0.15, -0.1) is 11.3 Å². The average Bonchev–Trinajstić information content (AvgIpc) is 3.36. The van der Waals surface area contributed by atoms with Crippen LogP contribution in [0.5, 0.6) is 0 Å². The fraction of sp³-hybridized carbons (Fsp3) is 0.625. The molecule has 2 N–H and O–H groups in total. The quantitative estimate of drug-likeness (QED) is 0.833. The highest BCUT2D eigenvalue weighted by Crippen LogP contribution is 2.28. The fourth-order valence-corrected chi connectivity index (χ4v) is 3.47. The number of carbonyl (C=O) groups is 3. The number of aromatic nitrogens is 1. The molecule has 1 aromatic heterocycles. The van der Waals surface area contributed by atoms with E-state index >= 15 is 0 Å². The van der Waals surface area contributed by atoms with Crippen LogP contribution in [-0.2, 0) is 14.4 Å². The van der Waals surface area contributed by atoms with Gasteiger partial charge in [0, 0.05) is 30.3 Å². The maximum atomic E-state index is 12.2. The summed E-state index contributed by atoms with van der Waals surface area (Å²) in [6.45, 7) is 3.04. The first kappa shape index (κ1) is 16.9. The first-order chi connectivity index (χ1) is 11.5. The normalized spacial score (nSPS) is 18.3. The lowest BCUT2D eigenvalue weighted by molar-refractivity contribution is -0.135. The van der Waals surface area contributed by atoms with Crippen molar-refractivity contribution >= 4 is 34.2 Å². The van der Waals surface area contributed by atoms with Crippen LogP contribution in [0.3, 0.4) is 0 Å². The van der Waals surface area contributed by atoms with E-state index < -0.39 is 0 Å². The van der Waals surface area contributed by atoms with Gasteiger partial charge in [0.2, 0.25) is 17.7 Å². The minimum Gasteiger partial charge on any atom is -0.347 e. The van der Waals surface area contributed by atoms with Crippen LogP contribution in [0.4, 0.5) is 5.13 Å². The third kappa shape index (κ3) is 4.31. The molecule has 1 saturated heterocycles. The molecule has 8 heteroatoms. The number of likely N-dealkylation sites (tertiary alicyclic amines) is 1. The molecule has 1 aliphatic heterocycles. The molecule has 0 spiro atoms. The molecule has 0 unspecified atom stereocenters. The predicted octanol–water partition coefficient (Wildman–Crippen LogP) is 1.15. The van der Waals surface area contributed by atoms with Crippen molar-refractivity contribution in [1.29, 1.82) is 0 Å². The summed E-state index contributed by atoms with van der Waals surface area (Å²) in [5.41, 5.74) is 0.893. The highest BCUT2D eigenvalue weighted by atomic mass is 32.1. The molecule has 130 valence electrons. The molecule has 0 aromatic carbocycles. The van der Waals surface area contributed by atoms with E-state index in [0.717, 1.165) is 18.5 Å². The summed E-state index contributed by atoms with van der Waals surface area (Å²) in [6.07, 6.45) is 3.13. The van der Waals surface area contributed by atoms with E-state index in [0.29, 0.717) is 31.1 Å². The zero-order valence-corrected chi connectivity index (χ0v) is 14.5. The summed E-state index contributed by atoms with van der Waals surface area (Å²) in [7, 11) is 0. The Bertz CT molecular complexity index is 633. The molecule has 1 aliphatic carbocycles. The van der Waals surface area contributed by atoms with Gasteiger partial charge >= 0.3 is 0 Å². The SMILES string of the molecule is Cc1csc(NC(=O)C2CCN(C(=O)CNC(=O)C3CC3)CC2)n1. The maximum Gasteiger partial charge on any atom is 0.241 e. The van der Waals surface area contributed by atoms with Gasteiger partial charge in [0.05, 0.1) is 12.2 Å². The van der Waals surface area contributed by atoms with Crippen molar-refractivity contribution in [1.82, 2.24) is 15.2 Å². The van der Waals surface area contributed by atoms with Crippen LogP contribution in [0.2, 0.25) is 0 Å². The largest absolute Gasteiger partial charge is 0.347 e. The highest BCUT2D eigenvalue weighted by molar-refractivity contribution is 7.13. The number of rotatable bonds is 5. The number of amides is 3. The van der Waals surface area contributed by atoms with Crippen molar-refractivity contribution in [2.24, 2.45) is 11.8 Å². The number of hydrogen-bond acceptors (Lipinski definition) is 5. The highest BCUT2D eigenvalue weighted by Gasteiger charge is 2.31. The number of nitrogens with one attached hydrogen (secondary N) is 2. The number of anilines is 1. The molecule has 24 heavy (non-hydrogen) atoms. The Balaban J connectivity index is 1.40. The molecule has 2 aliphatic rings. The average molecular weight is 350 g/mol. The lowest BCUT2D eigenvalue weighted by Crippen LogP contribution is -2.45. The molecular formula is C16H22N4O3S. The number of hydrogen-bond donors (Lipinski definition) is 2. The molecule has 0 atom stereocenters. The Kier molecular flexibility index (Phi) is 5.13. The minimum atomic E-state index is -0.0979. The van der Waals surface area contributed by atoms with Crippen molar-refractivity contribution in [3.8, 4) is 0 Å². The van der Waals surface area contributed by atoms with E-state index in [4.69, 9.17) is 0 Å². The van der Waals surface area contributed by atoms with Gasteiger partial charge in [-0.2, -0.15) is 0 Å². The van der Waals surface area contributed by atoms with Crippen molar-refractivity contribution < 1.29 is 14.4 Å². The van der Waals surface area contributed by atoms with Gasteiger partial charge in [0.1, 0.15) is 0 Å². The molecule has 0 radical (unpaired) electrons. The van der Waals surface area contributed by atoms with Gasteiger partial charge in [0.15, 0.2) is 5.13 Å². The van der Waals surface area contributed by atoms with Crippen LogP contribution in [0.25, 0.3) is 0 Å². The van der Waals surface area contributed by atoms with Gasteiger partial charge in [-0.1, -0.05) is 0 Å². The molecule has 0 bridgehead atoms. The summed E-state index contributed by atoms with van der Waals surface area (Å²) >= 11 is 1.42. The summed E-state index contributed by atoms with van der Waals surface area (Å²) in [5, 5.41) is 8.06. The van der Waals surface area contributed by atoms with Gasteiger partial charge in [-0.05, 0) is 32.6 Å². The summed E-state index contributed by atoms with van der Waals surface area (Å²) < 4.78 is 0. The van der Waals surface area contributed by atoms with Crippen LogP contribution in [0, 0.1) is 18.8 Å². The molecule has 1 saturated carbocycles. The second-order valence-corrected chi connectivity index (χ2v) is 7.29. The Morgan fingerprint density at radius 2 is 1.83 bits per heavy atom. The Morgan fingerprint density at radius 1 is 1.17 bits per heavy atom. The van der Waals surface area contributed by atoms with Crippen LogP contribution >= 0.6 is 11.3 Å². The standard InChI is InChI=1S/C16H22N4O3S/c1-10-9-24-16(18-10)19-15(23)12-4-6-20(7-5-12)13(21)8-17-14(22)11-2-3-11/h9,11-12H,2-8H2,1H3,(H,17,22)(H,18,19,23). The van der Waals surface area contributed by atoms with Crippen LogP contribution < -0.4 is 10.6 Å². The zero-order valence-electron chi connectivity index (χ0n) is 13.7. The van der Waals surface area contributed by atoms with Crippen molar-refractivity contribution in [2.75, 3.05) is 25.0 Å². The lowest BCUT2D eigenvalue weighted by atomic mass is 9.96. The molecule has 3 amide bonds. The predicted molar refractivity (Wildman–Crippen MR) is 90.5 cm³/mol. The monoisotopic (exact) mass is 350 g/mol. The molecule has 7 nitrogen and oxygen atoms in total. The lowest BCUT2D eigenvalue weighted by Gasteiger charge is -2.31. The van der Waals surface area contributed by atoms with Crippen LogP contribution in [0.15, 0.2) is 5.38 Å².